The van der Waals surface area contributed by atoms with Crippen LogP contribution in [-0.2, 0) is 16.0 Å². The Morgan fingerprint density at radius 3 is 2.58 bits per heavy atom. The standard InChI is InChI=1S/C26H40N2O5/c1-4-22-23(32-16-20(2)3)8-7-9-24(22)33-27-19-31-17-21-10-14-28(15-11-21)18-26(25(29)30)12-5-6-13-26/h7-9,19-21H,4-6,10-18H2,1-3H3,(H,29,30)/b27-19+. The molecule has 1 N–H and O–H groups in total. The maximum absolute atomic E-state index is 11.8. The SMILES string of the molecule is CCc1c(OCC(C)C)cccc1O/N=C/OCC1CCN(CC2(C(=O)O)CCCC2)CC1. The first-order valence-corrected chi connectivity index (χ1v) is 12.4. The molecule has 1 aromatic rings. The van der Waals surface area contributed by atoms with E-state index in [2.05, 4.69) is 30.8 Å². The fourth-order valence-corrected chi connectivity index (χ4v) is 4.89. The van der Waals surface area contributed by atoms with Crippen LogP contribution in [0.2, 0.25) is 0 Å². The van der Waals surface area contributed by atoms with E-state index in [-0.39, 0.29) is 0 Å². The van der Waals surface area contributed by atoms with Gasteiger partial charge < -0.3 is 24.3 Å². The number of ether oxygens (including phenoxy) is 2. The Labute approximate surface area is 198 Å². The highest BCUT2D eigenvalue weighted by Crippen LogP contribution is 2.39. The molecule has 0 unspecified atom stereocenters. The smallest absolute Gasteiger partial charge is 0.310 e. The van der Waals surface area contributed by atoms with Crippen molar-refractivity contribution in [2.45, 2.75) is 65.7 Å². The lowest BCUT2D eigenvalue weighted by Crippen LogP contribution is -2.45. The second kappa shape index (κ2) is 12.3. The van der Waals surface area contributed by atoms with Crippen molar-refractivity contribution < 1.29 is 24.2 Å². The molecule has 1 aliphatic carbocycles. The monoisotopic (exact) mass is 460 g/mol. The molecular formula is C26H40N2O5. The molecule has 1 saturated heterocycles. The molecule has 3 rings (SSSR count). The van der Waals surface area contributed by atoms with Gasteiger partial charge in [0.25, 0.3) is 0 Å². The van der Waals surface area contributed by atoms with E-state index in [1.54, 1.807) is 0 Å². The molecule has 0 spiro atoms. The van der Waals surface area contributed by atoms with E-state index in [9.17, 15) is 9.90 Å². The van der Waals surface area contributed by atoms with Crippen LogP contribution in [0.1, 0.15) is 64.9 Å². The quantitative estimate of drug-likeness (QED) is 0.269. The van der Waals surface area contributed by atoms with Gasteiger partial charge in [-0.15, -0.1) is 0 Å². The molecule has 0 bridgehead atoms. The molecule has 7 heteroatoms. The number of benzene rings is 1. The lowest BCUT2D eigenvalue weighted by molar-refractivity contribution is -0.150. The number of aliphatic carboxylic acids is 1. The predicted octanol–water partition coefficient (Wildman–Crippen LogP) is 4.98. The average molecular weight is 461 g/mol. The van der Waals surface area contributed by atoms with Crippen LogP contribution in [0.4, 0.5) is 0 Å². The molecule has 1 saturated carbocycles. The van der Waals surface area contributed by atoms with Crippen molar-refractivity contribution in [2.75, 3.05) is 32.8 Å². The first-order chi connectivity index (χ1) is 15.9. The molecule has 1 aliphatic heterocycles. The largest absolute Gasteiger partial charge is 0.493 e. The van der Waals surface area contributed by atoms with E-state index in [0.717, 1.165) is 69.3 Å². The van der Waals surface area contributed by atoms with Crippen molar-refractivity contribution in [2.24, 2.45) is 22.4 Å². The number of carboxylic acid groups (broad SMARTS) is 1. The average Bonchev–Trinajstić information content (AvgIpc) is 3.28. The minimum atomic E-state index is -0.620. The molecule has 2 aliphatic rings. The molecule has 0 aromatic heterocycles. The van der Waals surface area contributed by atoms with Crippen molar-refractivity contribution in [1.29, 1.82) is 0 Å². The summed E-state index contributed by atoms with van der Waals surface area (Å²) in [7, 11) is 0. The second-order valence-corrected chi connectivity index (χ2v) is 9.94. The molecule has 184 valence electrons. The maximum Gasteiger partial charge on any atom is 0.310 e. The van der Waals surface area contributed by atoms with Crippen LogP contribution in [0.3, 0.4) is 0 Å². The van der Waals surface area contributed by atoms with Crippen LogP contribution in [0.5, 0.6) is 11.5 Å². The van der Waals surface area contributed by atoms with Crippen LogP contribution in [0.15, 0.2) is 23.4 Å². The van der Waals surface area contributed by atoms with Gasteiger partial charge in [0, 0.05) is 12.1 Å². The van der Waals surface area contributed by atoms with Crippen molar-refractivity contribution in [3.05, 3.63) is 23.8 Å². The van der Waals surface area contributed by atoms with Crippen LogP contribution >= 0.6 is 0 Å². The summed E-state index contributed by atoms with van der Waals surface area (Å²) in [5.41, 5.74) is 0.478. The van der Waals surface area contributed by atoms with Gasteiger partial charge in [0.15, 0.2) is 5.75 Å². The Morgan fingerprint density at radius 1 is 1.24 bits per heavy atom. The van der Waals surface area contributed by atoms with Gasteiger partial charge in [0.1, 0.15) is 5.75 Å². The third-order valence-electron chi connectivity index (χ3n) is 6.86. The highest BCUT2D eigenvalue weighted by Gasteiger charge is 2.42. The number of oxime groups is 1. The van der Waals surface area contributed by atoms with E-state index in [1.807, 2.05) is 18.2 Å². The normalized spacial score (nSPS) is 19.3. The summed E-state index contributed by atoms with van der Waals surface area (Å²) in [6, 6.07) is 5.77. The van der Waals surface area contributed by atoms with Crippen LogP contribution < -0.4 is 9.57 Å². The Bertz CT molecular complexity index is 781. The molecule has 0 amide bonds. The summed E-state index contributed by atoms with van der Waals surface area (Å²) >= 11 is 0. The number of carboxylic acids is 1. The maximum atomic E-state index is 11.8. The van der Waals surface area contributed by atoms with Crippen molar-refractivity contribution in [3.63, 3.8) is 0 Å². The van der Waals surface area contributed by atoms with Gasteiger partial charge in [0.2, 0.25) is 6.40 Å². The lowest BCUT2D eigenvalue weighted by Gasteiger charge is -2.36. The zero-order chi connectivity index (χ0) is 23.7. The number of likely N-dealkylation sites (tertiary alicyclic amines) is 1. The van der Waals surface area contributed by atoms with Gasteiger partial charge in [-0.3, -0.25) is 4.79 Å². The number of piperidine rings is 1. The van der Waals surface area contributed by atoms with Crippen LogP contribution in [-0.4, -0.2) is 55.2 Å². The van der Waals surface area contributed by atoms with E-state index in [1.165, 1.54) is 6.40 Å². The Hall–Kier alpha value is -2.28. The van der Waals surface area contributed by atoms with Gasteiger partial charge in [-0.2, -0.15) is 0 Å². The molecule has 33 heavy (non-hydrogen) atoms. The van der Waals surface area contributed by atoms with Gasteiger partial charge in [0.05, 0.1) is 18.6 Å². The predicted molar refractivity (Wildman–Crippen MR) is 129 cm³/mol. The molecule has 7 nitrogen and oxygen atoms in total. The van der Waals surface area contributed by atoms with E-state index in [4.69, 9.17) is 14.3 Å². The first kappa shape index (κ1) is 25.3. The number of hydrogen-bond acceptors (Lipinski definition) is 6. The second-order valence-electron chi connectivity index (χ2n) is 9.94. The van der Waals surface area contributed by atoms with Gasteiger partial charge >= 0.3 is 5.97 Å². The van der Waals surface area contributed by atoms with Crippen LogP contribution in [0, 0.1) is 17.3 Å². The molecule has 0 atom stereocenters. The van der Waals surface area contributed by atoms with E-state index >= 15 is 0 Å². The lowest BCUT2D eigenvalue weighted by atomic mass is 9.84. The van der Waals surface area contributed by atoms with Crippen molar-refractivity contribution in [3.8, 4) is 11.5 Å². The molecular weight excluding hydrogens is 420 g/mol. The van der Waals surface area contributed by atoms with Gasteiger partial charge in [-0.05, 0) is 74.3 Å². The number of hydrogen-bond donors (Lipinski definition) is 1. The Balaban J connectivity index is 1.40. The van der Waals surface area contributed by atoms with Crippen molar-refractivity contribution in [1.82, 2.24) is 4.90 Å². The number of nitrogens with zero attached hydrogens (tertiary/aromatic N) is 2. The minimum Gasteiger partial charge on any atom is -0.493 e. The van der Waals surface area contributed by atoms with Gasteiger partial charge in [-0.25, -0.2) is 0 Å². The summed E-state index contributed by atoms with van der Waals surface area (Å²) in [6.45, 7) is 10.1. The summed E-state index contributed by atoms with van der Waals surface area (Å²) < 4.78 is 11.6. The minimum absolute atomic E-state index is 0.455. The molecule has 2 fully saturated rings. The molecule has 1 aromatic carbocycles. The summed E-state index contributed by atoms with van der Waals surface area (Å²) in [4.78, 5) is 19.7. The third kappa shape index (κ3) is 7.10. The Kier molecular flexibility index (Phi) is 9.41. The van der Waals surface area contributed by atoms with E-state index in [0.29, 0.717) is 37.3 Å². The zero-order valence-corrected chi connectivity index (χ0v) is 20.4. The molecule has 1 heterocycles. The van der Waals surface area contributed by atoms with Crippen molar-refractivity contribution >= 4 is 12.4 Å². The number of carbonyl (C=O) groups is 1. The zero-order valence-electron chi connectivity index (χ0n) is 20.4. The Morgan fingerprint density at radius 2 is 1.94 bits per heavy atom. The summed E-state index contributed by atoms with van der Waals surface area (Å²) in [5.74, 6) is 1.82. The highest BCUT2D eigenvalue weighted by molar-refractivity contribution is 5.75. The third-order valence-corrected chi connectivity index (χ3v) is 6.86. The summed E-state index contributed by atoms with van der Waals surface area (Å²) in [6.07, 6.45) is 7.90. The topological polar surface area (TPSA) is 80.6 Å². The number of rotatable bonds is 12. The summed E-state index contributed by atoms with van der Waals surface area (Å²) in [5, 5.41) is 13.7. The van der Waals surface area contributed by atoms with Crippen LogP contribution in [0.25, 0.3) is 0 Å². The fourth-order valence-electron chi connectivity index (χ4n) is 4.89. The first-order valence-electron chi connectivity index (χ1n) is 12.4. The molecule has 0 radical (unpaired) electrons. The van der Waals surface area contributed by atoms with Gasteiger partial charge in [-0.1, -0.05) is 39.7 Å². The van der Waals surface area contributed by atoms with E-state index < -0.39 is 11.4 Å². The fraction of sp³-hybridized carbons (Fsp3) is 0.692. The highest BCUT2D eigenvalue weighted by atomic mass is 16.6.